The summed E-state index contributed by atoms with van der Waals surface area (Å²) in [4.78, 5) is 24.4. The van der Waals surface area contributed by atoms with Crippen LogP contribution in [0.2, 0.25) is 0 Å². The first-order valence-corrected chi connectivity index (χ1v) is 11.6. The molecule has 0 spiro atoms. The van der Waals surface area contributed by atoms with Crippen LogP contribution in [0.4, 0.5) is 5.82 Å². The summed E-state index contributed by atoms with van der Waals surface area (Å²) in [6, 6.07) is 14.5. The molecule has 1 fully saturated rings. The lowest BCUT2D eigenvalue weighted by Gasteiger charge is -2.32. The summed E-state index contributed by atoms with van der Waals surface area (Å²) in [7, 11) is 0. The van der Waals surface area contributed by atoms with E-state index in [2.05, 4.69) is 69.2 Å². The van der Waals surface area contributed by atoms with Crippen molar-refractivity contribution < 1.29 is 0 Å². The smallest absolute Gasteiger partial charge is 0.139 e. The molecular formula is C27H26N6. The number of imidazole rings is 1. The molecule has 0 atom stereocenters. The first-order valence-electron chi connectivity index (χ1n) is 11.6. The number of anilines is 1. The van der Waals surface area contributed by atoms with Crippen molar-refractivity contribution in [2.45, 2.75) is 32.1 Å². The Bertz CT molecular complexity index is 1300. The molecule has 6 heteroatoms. The predicted molar refractivity (Wildman–Crippen MR) is 131 cm³/mol. The number of rotatable bonds is 4. The highest BCUT2D eigenvalue weighted by Crippen LogP contribution is 2.37. The average molecular weight is 435 g/mol. The fourth-order valence-electron chi connectivity index (χ4n) is 5.04. The number of hydrogen-bond donors (Lipinski definition) is 1. The lowest BCUT2D eigenvalue weighted by atomic mass is 9.96. The third-order valence-electron chi connectivity index (χ3n) is 6.80. The number of hydrogen-bond acceptors (Lipinski definition) is 5. The summed E-state index contributed by atoms with van der Waals surface area (Å²) in [5.74, 6) is 2.61. The molecule has 1 aliphatic heterocycles. The number of aryl methyl sites for hydroxylation is 1. The van der Waals surface area contributed by atoms with Gasteiger partial charge in [0.25, 0.3) is 0 Å². The molecule has 2 aliphatic rings. The van der Waals surface area contributed by atoms with Crippen LogP contribution in [0.3, 0.4) is 0 Å². The number of allylic oxidation sites excluding steroid dienone is 1. The quantitative estimate of drug-likeness (QED) is 0.487. The van der Waals surface area contributed by atoms with E-state index in [0.29, 0.717) is 5.92 Å². The van der Waals surface area contributed by atoms with E-state index in [1.165, 1.54) is 22.3 Å². The van der Waals surface area contributed by atoms with Crippen molar-refractivity contribution in [3.63, 3.8) is 0 Å². The molecule has 0 radical (unpaired) electrons. The Balaban J connectivity index is 1.20. The SMILES string of the molecule is Cc1[nH]c(C2CCN(c3ncnc4c3C=C(c3ccncc3)C4)CC2)nc1-c1ccccc1. The summed E-state index contributed by atoms with van der Waals surface area (Å²) in [5, 5.41) is 0. The van der Waals surface area contributed by atoms with Gasteiger partial charge in [-0.1, -0.05) is 30.3 Å². The van der Waals surface area contributed by atoms with E-state index in [-0.39, 0.29) is 0 Å². The van der Waals surface area contributed by atoms with Crippen molar-refractivity contribution in [1.29, 1.82) is 0 Å². The second kappa shape index (κ2) is 8.28. The molecule has 1 saturated heterocycles. The zero-order valence-electron chi connectivity index (χ0n) is 18.7. The molecule has 0 amide bonds. The van der Waals surface area contributed by atoms with Crippen LogP contribution in [0.5, 0.6) is 0 Å². The molecule has 4 heterocycles. The van der Waals surface area contributed by atoms with Gasteiger partial charge in [0.05, 0.1) is 11.4 Å². The van der Waals surface area contributed by atoms with Crippen LogP contribution in [0, 0.1) is 6.92 Å². The maximum atomic E-state index is 4.99. The first kappa shape index (κ1) is 19.9. The van der Waals surface area contributed by atoms with Gasteiger partial charge < -0.3 is 9.88 Å². The number of pyridine rings is 1. The molecular weight excluding hydrogens is 408 g/mol. The molecule has 0 unspecified atom stereocenters. The molecule has 3 aromatic heterocycles. The molecule has 164 valence electrons. The summed E-state index contributed by atoms with van der Waals surface area (Å²) >= 11 is 0. The topological polar surface area (TPSA) is 70.6 Å². The molecule has 1 aliphatic carbocycles. The second-order valence-corrected chi connectivity index (χ2v) is 8.86. The van der Waals surface area contributed by atoms with E-state index < -0.39 is 0 Å². The lowest BCUT2D eigenvalue weighted by molar-refractivity contribution is 0.486. The van der Waals surface area contributed by atoms with Crippen LogP contribution >= 0.6 is 0 Å². The van der Waals surface area contributed by atoms with Gasteiger partial charge in [-0.25, -0.2) is 15.0 Å². The largest absolute Gasteiger partial charge is 0.356 e. The van der Waals surface area contributed by atoms with Crippen LogP contribution < -0.4 is 4.90 Å². The van der Waals surface area contributed by atoms with Crippen molar-refractivity contribution in [3.05, 3.63) is 89.5 Å². The van der Waals surface area contributed by atoms with Crippen molar-refractivity contribution >= 4 is 17.5 Å². The van der Waals surface area contributed by atoms with Crippen molar-refractivity contribution in [3.8, 4) is 11.3 Å². The van der Waals surface area contributed by atoms with Crippen LogP contribution in [0.1, 0.15) is 47.1 Å². The number of piperidine rings is 1. The monoisotopic (exact) mass is 434 g/mol. The zero-order chi connectivity index (χ0) is 22.2. The van der Waals surface area contributed by atoms with Gasteiger partial charge in [0.15, 0.2) is 0 Å². The summed E-state index contributed by atoms with van der Waals surface area (Å²) in [6.45, 7) is 4.05. The molecule has 1 aromatic carbocycles. The molecule has 33 heavy (non-hydrogen) atoms. The highest BCUT2D eigenvalue weighted by atomic mass is 15.2. The third-order valence-corrected chi connectivity index (χ3v) is 6.80. The highest BCUT2D eigenvalue weighted by molar-refractivity contribution is 5.91. The minimum absolute atomic E-state index is 0.440. The highest BCUT2D eigenvalue weighted by Gasteiger charge is 2.28. The van der Waals surface area contributed by atoms with Gasteiger partial charge in [0.2, 0.25) is 0 Å². The number of benzene rings is 1. The number of aromatic amines is 1. The van der Waals surface area contributed by atoms with E-state index in [9.17, 15) is 0 Å². The zero-order valence-corrected chi connectivity index (χ0v) is 18.7. The Hall–Kier alpha value is -3.80. The van der Waals surface area contributed by atoms with Gasteiger partial charge >= 0.3 is 0 Å². The van der Waals surface area contributed by atoms with E-state index in [4.69, 9.17) is 9.97 Å². The Morgan fingerprint density at radius 1 is 0.939 bits per heavy atom. The van der Waals surface area contributed by atoms with Crippen LogP contribution in [-0.4, -0.2) is 38.0 Å². The van der Waals surface area contributed by atoms with Gasteiger partial charge in [-0.05, 0) is 49.1 Å². The van der Waals surface area contributed by atoms with E-state index in [1.807, 2.05) is 18.5 Å². The number of aromatic nitrogens is 5. The number of fused-ring (bicyclic) bond motifs is 1. The van der Waals surface area contributed by atoms with Crippen LogP contribution in [0.15, 0.2) is 61.2 Å². The fraction of sp³-hybridized carbons (Fsp3) is 0.259. The number of nitrogens with one attached hydrogen (secondary N) is 1. The normalized spacial score (nSPS) is 16.0. The minimum Gasteiger partial charge on any atom is -0.356 e. The molecule has 0 saturated carbocycles. The standard InChI is InChI=1S/C27H26N6/c1-18-25(20-5-3-2-4-6-20)32-26(31-18)21-9-13-33(14-10-21)27-23-15-22(16-24(23)29-17-30-27)19-7-11-28-12-8-19/h2-8,11-12,15,17,21H,9-10,13-14,16H2,1H3,(H,31,32). The summed E-state index contributed by atoms with van der Waals surface area (Å²) in [6.07, 6.45) is 10.6. The maximum absolute atomic E-state index is 4.99. The summed E-state index contributed by atoms with van der Waals surface area (Å²) < 4.78 is 0. The Labute approximate surface area is 193 Å². The predicted octanol–water partition coefficient (Wildman–Crippen LogP) is 5.05. The second-order valence-electron chi connectivity index (χ2n) is 8.86. The van der Waals surface area contributed by atoms with Gasteiger partial charge in [-0.2, -0.15) is 0 Å². The lowest BCUT2D eigenvalue weighted by Crippen LogP contribution is -2.34. The third kappa shape index (κ3) is 3.71. The van der Waals surface area contributed by atoms with Gasteiger partial charge in [-0.3, -0.25) is 4.98 Å². The maximum Gasteiger partial charge on any atom is 0.139 e. The Morgan fingerprint density at radius 3 is 2.52 bits per heavy atom. The molecule has 4 aromatic rings. The van der Waals surface area contributed by atoms with Crippen molar-refractivity contribution in [1.82, 2.24) is 24.9 Å². The summed E-state index contributed by atoms with van der Waals surface area (Å²) in [5.41, 5.74) is 8.14. The van der Waals surface area contributed by atoms with E-state index >= 15 is 0 Å². The van der Waals surface area contributed by atoms with E-state index in [0.717, 1.165) is 61.1 Å². The van der Waals surface area contributed by atoms with Gasteiger partial charge in [0.1, 0.15) is 18.0 Å². The van der Waals surface area contributed by atoms with Gasteiger partial charge in [-0.15, -0.1) is 0 Å². The fourth-order valence-corrected chi connectivity index (χ4v) is 5.04. The molecule has 6 rings (SSSR count). The Morgan fingerprint density at radius 2 is 1.73 bits per heavy atom. The van der Waals surface area contributed by atoms with Gasteiger partial charge in [0, 0.05) is 54.6 Å². The average Bonchev–Trinajstić information content (AvgIpc) is 3.49. The van der Waals surface area contributed by atoms with Crippen molar-refractivity contribution in [2.75, 3.05) is 18.0 Å². The number of H-pyrrole nitrogens is 1. The first-order chi connectivity index (χ1) is 16.3. The van der Waals surface area contributed by atoms with Crippen LogP contribution in [-0.2, 0) is 6.42 Å². The number of nitrogens with zero attached hydrogens (tertiary/aromatic N) is 5. The molecule has 6 nitrogen and oxygen atoms in total. The van der Waals surface area contributed by atoms with Crippen molar-refractivity contribution in [2.24, 2.45) is 0 Å². The van der Waals surface area contributed by atoms with Crippen LogP contribution in [0.25, 0.3) is 22.9 Å². The Kier molecular flexibility index (Phi) is 4.98. The molecule has 0 bridgehead atoms. The molecule has 1 N–H and O–H groups in total. The van der Waals surface area contributed by atoms with E-state index in [1.54, 1.807) is 6.33 Å². The minimum atomic E-state index is 0.440.